The lowest BCUT2D eigenvalue weighted by Crippen LogP contribution is -2.32. The summed E-state index contributed by atoms with van der Waals surface area (Å²) in [6, 6.07) is 5.05. The zero-order valence-electron chi connectivity index (χ0n) is 13.0. The van der Waals surface area contributed by atoms with Crippen molar-refractivity contribution in [3.8, 4) is 17.4 Å². The highest BCUT2D eigenvalue weighted by atomic mass is 16.6. The van der Waals surface area contributed by atoms with Crippen LogP contribution in [0.1, 0.15) is 31.4 Å². The lowest BCUT2D eigenvalue weighted by Gasteiger charge is -2.25. The van der Waals surface area contributed by atoms with Gasteiger partial charge in [0.2, 0.25) is 11.8 Å². The number of hydrogen-bond acceptors (Lipinski definition) is 7. The first-order chi connectivity index (χ1) is 11.3. The fourth-order valence-corrected chi connectivity index (χ4v) is 4.18. The van der Waals surface area contributed by atoms with Crippen molar-refractivity contribution in [1.29, 1.82) is 0 Å². The third-order valence-electron chi connectivity index (χ3n) is 5.30. The van der Waals surface area contributed by atoms with E-state index < -0.39 is 17.3 Å². The van der Waals surface area contributed by atoms with Crippen molar-refractivity contribution in [3.05, 3.63) is 29.3 Å². The molecule has 0 aliphatic carbocycles. The fourth-order valence-electron chi connectivity index (χ4n) is 4.18. The van der Waals surface area contributed by atoms with Gasteiger partial charge in [0.15, 0.2) is 0 Å². The Kier molecular flexibility index (Phi) is 2.25. The monoisotopic (exact) mass is 329 g/mol. The molecule has 124 valence electrons. The van der Waals surface area contributed by atoms with Crippen LogP contribution < -0.4 is 0 Å². The standard InChI is InChI=1S/C16H15N3O5/c1-15-6-10(20)16(2,23-15)12-11(15)13(21)19(14(12)22)7-3-4-8-9(5-7)18-24-17-8/h3-5,10,20-22H,6H2,1-2H3/t10-,15+,16-/m0/s1. The van der Waals surface area contributed by atoms with Crippen molar-refractivity contribution >= 4 is 11.0 Å². The predicted molar refractivity (Wildman–Crippen MR) is 80.9 cm³/mol. The van der Waals surface area contributed by atoms with E-state index in [1.807, 2.05) is 6.92 Å². The second-order valence-electron chi connectivity index (χ2n) is 6.83. The van der Waals surface area contributed by atoms with E-state index in [0.29, 0.717) is 34.3 Å². The molecule has 1 saturated heterocycles. The number of nitrogens with zero attached hydrogens (tertiary/aromatic N) is 3. The van der Waals surface area contributed by atoms with E-state index in [9.17, 15) is 15.3 Å². The summed E-state index contributed by atoms with van der Waals surface area (Å²) in [7, 11) is 0. The van der Waals surface area contributed by atoms with Crippen LogP contribution in [0.15, 0.2) is 22.8 Å². The van der Waals surface area contributed by atoms with Gasteiger partial charge in [0.05, 0.1) is 28.5 Å². The quantitative estimate of drug-likeness (QED) is 0.622. The molecule has 2 bridgehead atoms. The second kappa shape index (κ2) is 3.90. The SMILES string of the molecule is C[C@]12C[C@H](O)[C@](C)(O1)c1c2c(O)n(-c2ccc3nonc3c2)c1O. The van der Waals surface area contributed by atoms with Gasteiger partial charge in [-0.15, -0.1) is 0 Å². The van der Waals surface area contributed by atoms with Gasteiger partial charge in [0.1, 0.15) is 16.6 Å². The summed E-state index contributed by atoms with van der Waals surface area (Å²) in [5, 5.41) is 39.4. The minimum absolute atomic E-state index is 0.101. The molecular formula is C16H15N3O5. The highest BCUT2D eigenvalue weighted by Gasteiger charge is 2.64. The van der Waals surface area contributed by atoms with Crippen molar-refractivity contribution in [1.82, 2.24) is 14.9 Å². The van der Waals surface area contributed by atoms with Gasteiger partial charge >= 0.3 is 0 Å². The summed E-state index contributed by atoms with van der Waals surface area (Å²) in [6.45, 7) is 3.53. The highest BCUT2D eigenvalue weighted by molar-refractivity contribution is 5.76. The maximum Gasteiger partial charge on any atom is 0.205 e. The van der Waals surface area contributed by atoms with E-state index in [0.717, 1.165) is 0 Å². The first kappa shape index (κ1) is 13.8. The van der Waals surface area contributed by atoms with E-state index >= 15 is 0 Å². The van der Waals surface area contributed by atoms with E-state index in [1.54, 1.807) is 25.1 Å². The molecule has 4 heterocycles. The van der Waals surface area contributed by atoms with Crippen LogP contribution in [-0.4, -0.2) is 36.3 Å². The van der Waals surface area contributed by atoms with Crippen molar-refractivity contribution in [2.24, 2.45) is 0 Å². The predicted octanol–water partition coefficient (Wildman–Crippen LogP) is 1.65. The molecule has 2 aliphatic heterocycles. The zero-order valence-corrected chi connectivity index (χ0v) is 13.0. The van der Waals surface area contributed by atoms with Gasteiger partial charge in [-0.2, -0.15) is 0 Å². The van der Waals surface area contributed by atoms with Gasteiger partial charge in [-0.25, -0.2) is 4.63 Å². The van der Waals surface area contributed by atoms with E-state index in [2.05, 4.69) is 14.9 Å². The molecule has 0 radical (unpaired) electrons. The Morgan fingerprint density at radius 1 is 1.12 bits per heavy atom. The molecule has 0 saturated carbocycles. The number of fused-ring (bicyclic) bond motifs is 6. The Labute approximate surface area is 135 Å². The number of ether oxygens (including phenoxy) is 1. The number of aliphatic hydroxyl groups is 1. The van der Waals surface area contributed by atoms with Crippen molar-refractivity contribution in [3.63, 3.8) is 0 Å². The Hall–Kier alpha value is -2.58. The third-order valence-corrected chi connectivity index (χ3v) is 5.30. The van der Waals surface area contributed by atoms with Crippen molar-refractivity contribution in [2.45, 2.75) is 37.6 Å². The van der Waals surface area contributed by atoms with E-state index in [1.165, 1.54) is 4.57 Å². The number of aliphatic hydroxyl groups excluding tert-OH is 1. The highest BCUT2D eigenvalue weighted by Crippen LogP contribution is 2.64. The van der Waals surface area contributed by atoms with Crippen LogP contribution in [0.4, 0.5) is 0 Å². The molecule has 5 rings (SSSR count). The van der Waals surface area contributed by atoms with Gasteiger partial charge in [-0.3, -0.25) is 4.57 Å². The maximum atomic E-state index is 10.8. The van der Waals surface area contributed by atoms with Crippen LogP contribution in [0.5, 0.6) is 11.8 Å². The molecule has 2 aliphatic rings. The number of benzene rings is 1. The lowest BCUT2D eigenvalue weighted by atomic mass is 9.78. The topological polar surface area (TPSA) is 114 Å². The summed E-state index contributed by atoms with van der Waals surface area (Å²) >= 11 is 0. The molecule has 0 spiro atoms. The minimum Gasteiger partial charge on any atom is -0.494 e. The van der Waals surface area contributed by atoms with Crippen LogP contribution in [-0.2, 0) is 15.9 Å². The van der Waals surface area contributed by atoms with Crippen LogP contribution in [0, 0.1) is 0 Å². The summed E-state index contributed by atoms with van der Waals surface area (Å²) in [5.41, 5.74) is 0.674. The maximum absolute atomic E-state index is 10.8. The Morgan fingerprint density at radius 2 is 1.83 bits per heavy atom. The van der Waals surface area contributed by atoms with Crippen molar-refractivity contribution < 1.29 is 24.7 Å². The molecular weight excluding hydrogens is 314 g/mol. The third kappa shape index (κ3) is 1.37. The van der Waals surface area contributed by atoms with Gasteiger partial charge < -0.3 is 20.1 Å². The lowest BCUT2D eigenvalue weighted by molar-refractivity contribution is -0.0936. The molecule has 1 fully saturated rings. The molecule has 0 amide bonds. The second-order valence-corrected chi connectivity index (χ2v) is 6.83. The first-order valence-corrected chi connectivity index (χ1v) is 7.64. The molecule has 3 aromatic rings. The molecule has 8 heteroatoms. The summed E-state index contributed by atoms with van der Waals surface area (Å²) < 4.78 is 12.0. The largest absolute Gasteiger partial charge is 0.494 e. The zero-order chi connectivity index (χ0) is 16.9. The Bertz CT molecular complexity index is 1010. The van der Waals surface area contributed by atoms with Gasteiger partial charge in [-0.05, 0) is 42.4 Å². The first-order valence-electron chi connectivity index (χ1n) is 7.64. The number of aromatic hydroxyl groups is 2. The van der Waals surface area contributed by atoms with Crippen LogP contribution in [0.25, 0.3) is 16.7 Å². The van der Waals surface area contributed by atoms with Crippen LogP contribution in [0.3, 0.4) is 0 Å². The van der Waals surface area contributed by atoms with E-state index in [-0.39, 0.29) is 11.8 Å². The van der Waals surface area contributed by atoms with Gasteiger partial charge in [-0.1, -0.05) is 0 Å². The van der Waals surface area contributed by atoms with E-state index in [4.69, 9.17) is 4.74 Å². The summed E-state index contributed by atoms with van der Waals surface area (Å²) in [4.78, 5) is 0. The molecule has 8 nitrogen and oxygen atoms in total. The van der Waals surface area contributed by atoms with Crippen LogP contribution in [0.2, 0.25) is 0 Å². The Morgan fingerprint density at radius 3 is 2.62 bits per heavy atom. The molecule has 2 aromatic heterocycles. The summed E-state index contributed by atoms with van der Waals surface area (Å²) in [6.07, 6.45) is -0.391. The molecule has 3 N–H and O–H groups in total. The normalized spacial score (nSPS) is 31.0. The summed E-state index contributed by atoms with van der Waals surface area (Å²) in [5.74, 6) is -0.250. The molecule has 0 unspecified atom stereocenters. The minimum atomic E-state index is -1.05. The molecule has 1 aromatic carbocycles. The average Bonchev–Trinajstić information content (AvgIpc) is 3.19. The Balaban J connectivity index is 1.80. The van der Waals surface area contributed by atoms with Gasteiger partial charge in [0.25, 0.3) is 0 Å². The number of rotatable bonds is 1. The number of aromatic nitrogens is 3. The average molecular weight is 329 g/mol. The van der Waals surface area contributed by atoms with Crippen LogP contribution >= 0.6 is 0 Å². The van der Waals surface area contributed by atoms with Gasteiger partial charge in [0, 0.05) is 6.42 Å². The number of hydrogen-bond donors (Lipinski definition) is 3. The van der Waals surface area contributed by atoms with Crippen molar-refractivity contribution in [2.75, 3.05) is 0 Å². The fraction of sp³-hybridized carbons (Fsp3) is 0.375. The smallest absolute Gasteiger partial charge is 0.205 e. The molecule has 3 atom stereocenters. The molecule has 24 heavy (non-hydrogen) atoms.